The molecule has 2 N–H and O–H groups in total. The number of aromatic nitrogens is 5. The summed E-state index contributed by atoms with van der Waals surface area (Å²) in [6.07, 6.45) is 3.24. The van der Waals surface area contributed by atoms with Crippen molar-refractivity contribution in [1.82, 2.24) is 25.2 Å². The van der Waals surface area contributed by atoms with Gasteiger partial charge in [0.1, 0.15) is 12.6 Å². The molecule has 182 valence electrons. The van der Waals surface area contributed by atoms with Crippen molar-refractivity contribution >= 4 is 17.5 Å². The van der Waals surface area contributed by atoms with E-state index in [9.17, 15) is 4.79 Å². The summed E-state index contributed by atoms with van der Waals surface area (Å²) < 4.78 is 13.6. The third-order valence-electron chi connectivity index (χ3n) is 5.70. The fourth-order valence-electron chi connectivity index (χ4n) is 4.07. The monoisotopic (exact) mass is 483 g/mol. The number of carbonyl (C=O) groups excluding carboxylic acids is 1. The number of nitrogens with one attached hydrogen (secondary N) is 2. The largest absolute Gasteiger partial charge is 0.490 e. The van der Waals surface area contributed by atoms with E-state index in [0.29, 0.717) is 47.6 Å². The number of fused-ring (bicyclic) bond motifs is 1. The first-order chi connectivity index (χ1) is 17.6. The van der Waals surface area contributed by atoms with Crippen LogP contribution in [0.15, 0.2) is 84.3 Å². The summed E-state index contributed by atoms with van der Waals surface area (Å²) in [5, 5.41) is 18.1. The Morgan fingerprint density at radius 2 is 1.94 bits per heavy atom. The third kappa shape index (κ3) is 4.74. The smallest absolute Gasteiger partial charge is 0.255 e. The van der Waals surface area contributed by atoms with Gasteiger partial charge in [-0.05, 0) is 59.7 Å². The second-order valence-electron chi connectivity index (χ2n) is 8.12. The van der Waals surface area contributed by atoms with Crippen LogP contribution in [0.25, 0.3) is 0 Å². The van der Waals surface area contributed by atoms with Gasteiger partial charge in [-0.15, -0.1) is 0 Å². The topological polar surface area (TPSA) is 116 Å². The highest BCUT2D eigenvalue weighted by Crippen LogP contribution is 2.39. The molecule has 0 fully saturated rings. The Kier molecular flexibility index (Phi) is 6.57. The molecular formula is C26H25N7O3. The zero-order chi connectivity index (χ0) is 24.9. The van der Waals surface area contributed by atoms with Crippen LogP contribution in [0.4, 0.5) is 11.6 Å². The summed E-state index contributed by atoms with van der Waals surface area (Å²) in [6, 6.07) is 18.5. The molecule has 2 aromatic heterocycles. The molecule has 1 aliphatic rings. The van der Waals surface area contributed by atoms with Crippen LogP contribution >= 0.6 is 0 Å². The van der Waals surface area contributed by atoms with Crippen LogP contribution < -0.4 is 20.1 Å². The molecule has 36 heavy (non-hydrogen) atoms. The molecule has 1 amide bonds. The normalized spacial score (nSPS) is 14.6. The van der Waals surface area contributed by atoms with Gasteiger partial charge in [-0.3, -0.25) is 9.78 Å². The standard InChI is InChI=1S/C26H25N7O3/c1-3-35-22-14-19(11-12-21(22)36-16-18-8-5-4-6-9-18)24-23(17(2)28-26-30-31-32-33(24)26)25(34)29-20-10-7-13-27-15-20/h4-15,24H,3,16H2,1-2H3,(H,29,34)(H,28,30,32). The highest BCUT2D eigenvalue weighted by Gasteiger charge is 2.34. The Balaban J connectivity index is 1.50. The molecule has 0 saturated heterocycles. The molecule has 4 aromatic rings. The van der Waals surface area contributed by atoms with E-state index >= 15 is 0 Å². The summed E-state index contributed by atoms with van der Waals surface area (Å²) >= 11 is 0. The predicted molar refractivity (Wildman–Crippen MR) is 134 cm³/mol. The summed E-state index contributed by atoms with van der Waals surface area (Å²) in [6.45, 7) is 4.60. The minimum absolute atomic E-state index is 0.290. The van der Waals surface area contributed by atoms with Crippen LogP contribution in [-0.4, -0.2) is 37.7 Å². The van der Waals surface area contributed by atoms with Crippen LogP contribution in [0.3, 0.4) is 0 Å². The predicted octanol–water partition coefficient (Wildman–Crippen LogP) is 3.97. The molecule has 10 nitrogen and oxygen atoms in total. The van der Waals surface area contributed by atoms with Gasteiger partial charge in [0.25, 0.3) is 5.91 Å². The molecule has 1 atom stereocenters. The lowest BCUT2D eigenvalue weighted by Crippen LogP contribution is -2.31. The van der Waals surface area contributed by atoms with Gasteiger partial charge in [0.05, 0.1) is 24.1 Å². The van der Waals surface area contributed by atoms with E-state index in [1.54, 1.807) is 29.2 Å². The maximum atomic E-state index is 13.5. The second-order valence-corrected chi connectivity index (χ2v) is 8.12. The summed E-state index contributed by atoms with van der Waals surface area (Å²) in [5.74, 6) is 1.33. The number of rotatable bonds is 8. The molecule has 0 saturated carbocycles. The molecule has 5 rings (SSSR count). The first-order valence-corrected chi connectivity index (χ1v) is 11.5. The maximum absolute atomic E-state index is 13.5. The van der Waals surface area contributed by atoms with Gasteiger partial charge in [0.2, 0.25) is 5.95 Å². The van der Waals surface area contributed by atoms with Crippen molar-refractivity contribution in [2.24, 2.45) is 0 Å². The lowest BCUT2D eigenvalue weighted by molar-refractivity contribution is -0.113. The molecule has 0 spiro atoms. The van der Waals surface area contributed by atoms with Gasteiger partial charge in [-0.25, -0.2) is 0 Å². The van der Waals surface area contributed by atoms with Crippen LogP contribution in [0, 0.1) is 0 Å². The van der Waals surface area contributed by atoms with Crippen LogP contribution in [-0.2, 0) is 11.4 Å². The summed E-state index contributed by atoms with van der Waals surface area (Å²) in [5.41, 5.74) is 3.53. The van der Waals surface area contributed by atoms with Crippen LogP contribution in [0.2, 0.25) is 0 Å². The molecule has 2 aromatic carbocycles. The third-order valence-corrected chi connectivity index (χ3v) is 5.70. The summed E-state index contributed by atoms with van der Waals surface area (Å²) in [7, 11) is 0. The van der Waals surface area contributed by atoms with Crippen molar-refractivity contribution < 1.29 is 14.3 Å². The molecule has 0 aliphatic carbocycles. The Bertz CT molecular complexity index is 1390. The first kappa shape index (κ1) is 23.0. The van der Waals surface area contributed by atoms with Crippen molar-refractivity contribution in [3.8, 4) is 11.5 Å². The second kappa shape index (κ2) is 10.3. The quantitative estimate of drug-likeness (QED) is 0.387. The van der Waals surface area contributed by atoms with Gasteiger partial charge < -0.3 is 20.1 Å². The molecule has 1 aliphatic heterocycles. The van der Waals surface area contributed by atoms with Gasteiger partial charge in [0, 0.05) is 11.9 Å². The molecule has 1 unspecified atom stereocenters. The number of ether oxygens (including phenoxy) is 2. The lowest BCUT2D eigenvalue weighted by Gasteiger charge is -2.28. The molecule has 10 heteroatoms. The number of amides is 1. The highest BCUT2D eigenvalue weighted by atomic mass is 16.5. The first-order valence-electron chi connectivity index (χ1n) is 11.5. The van der Waals surface area contributed by atoms with Crippen molar-refractivity contribution in [3.63, 3.8) is 0 Å². The number of hydrogen-bond donors (Lipinski definition) is 2. The van der Waals surface area contributed by atoms with Gasteiger partial charge >= 0.3 is 0 Å². The SMILES string of the molecule is CCOc1cc(C2C(C(=O)Nc3cccnc3)=C(C)Nc3nnnn32)ccc1OCc1ccccc1. The number of hydrogen-bond acceptors (Lipinski definition) is 8. The molecule has 3 heterocycles. The zero-order valence-corrected chi connectivity index (χ0v) is 19.9. The fourth-order valence-corrected chi connectivity index (χ4v) is 4.07. The molecule has 0 bridgehead atoms. The van der Waals surface area contributed by atoms with Crippen molar-refractivity contribution in [2.45, 2.75) is 26.5 Å². The van der Waals surface area contributed by atoms with Crippen molar-refractivity contribution in [2.75, 3.05) is 17.2 Å². The fraction of sp³-hybridized carbons (Fsp3) is 0.192. The van der Waals surface area contributed by atoms with Crippen LogP contribution in [0.5, 0.6) is 11.5 Å². The lowest BCUT2D eigenvalue weighted by atomic mass is 9.94. The van der Waals surface area contributed by atoms with E-state index in [-0.39, 0.29) is 5.91 Å². The van der Waals surface area contributed by atoms with Crippen LogP contribution in [0.1, 0.15) is 31.0 Å². The van der Waals surface area contributed by atoms with E-state index in [0.717, 1.165) is 11.1 Å². The van der Waals surface area contributed by atoms with Crippen molar-refractivity contribution in [3.05, 3.63) is 95.5 Å². The average molecular weight is 484 g/mol. The van der Waals surface area contributed by atoms with E-state index in [1.165, 1.54) is 0 Å². The number of tetrazole rings is 1. The van der Waals surface area contributed by atoms with Gasteiger partial charge in [-0.1, -0.05) is 41.5 Å². The van der Waals surface area contributed by atoms with Gasteiger partial charge in [-0.2, -0.15) is 4.68 Å². The molecule has 0 radical (unpaired) electrons. The number of pyridine rings is 1. The minimum atomic E-state index is -0.588. The number of anilines is 2. The maximum Gasteiger partial charge on any atom is 0.255 e. The highest BCUT2D eigenvalue weighted by molar-refractivity contribution is 6.05. The average Bonchev–Trinajstić information content (AvgIpc) is 3.36. The van der Waals surface area contributed by atoms with Gasteiger partial charge in [0.15, 0.2) is 11.5 Å². The van der Waals surface area contributed by atoms with E-state index in [4.69, 9.17) is 9.47 Å². The number of benzene rings is 2. The van der Waals surface area contributed by atoms with E-state index in [1.807, 2.05) is 62.4 Å². The van der Waals surface area contributed by atoms with E-state index in [2.05, 4.69) is 31.1 Å². The number of nitrogens with zero attached hydrogens (tertiary/aromatic N) is 5. The molecular weight excluding hydrogens is 458 g/mol. The van der Waals surface area contributed by atoms with Crippen molar-refractivity contribution in [1.29, 1.82) is 0 Å². The number of carbonyl (C=O) groups is 1. The Morgan fingerprint density at radius 1 is 1.08 bits per heavy atom. The Hall–Kier alpha value is -4.73. The summed E-state index contributed by atoms with van der Waals surface area (Å²) in [4.78, 5) is 17.5. The number of allylic oxidation sites excluding steroid dienone is 1. The Morgan fingerprint density at radius 3 is 2.72 bits per heavy atom. The minimum Gasteiger partial charge on any atom is -0.490 e. The Labute approximate surface area is 208 Å². The van der Waals surface area contributed by atoms with E-state index < -0.39 is 6.04 Å². The zero-order valence-electron chi connectivity index (χ0n) is 19.9.